The molecule has 1 aliphatic heterocycles. The first-order valence-corrected chi connectivity index (χ1v) is 6.35. The lowest BCUT2D eigenvalue weighted by molar-refractivity contribution is 0.199. The molecular formula is C13H19ClN2O. The Kier molecular flexibility index (Phi) is 4.26. The van der Waals surface area contributed by atoms with Crippen molar-refractivity contribution in [1.29, 1.82) is 0 Å². The lowest BCUT2D eigenvalue weighted by atomic mass is 10.1. The van der Waals surface area contributed by atoms with Crippen molar-refractivity contribution in [3.8, 4) is 5.75 Å². The van der Waals surface area contributed by atoms with Crippen LogP contribution in [0.5, 0.6) is 5.75 Å². The third kappa shape index (κ3) is 3.35. The van der Waals surface area contributed by atoms with Crippen molar-refractivity contribution in [3.05, 3.63) is 28.8 Å². The van der Waals surface area contributed by atoms with Gasteiger partial charge >= 0.3 is 0 Å². The highest BCUT2D eigenvalue weighted by atomic mass is 35.5. The van der Waals surface area contributed by atoms with Gasteiger partial charge in [0.25, 0.3) is 0 Å². The second-order valence-electron chi connectivity index (χ2n) is 4.56. The van der Waals surface area contributed by atoms with Crippen molar-refractivity contribution in [2.45, 2.75) is 19.5 Å². The number of ether oxygens (including phenoxy) is 1. The third-order valence-corrected chi connectivity index (χ3v) is 3.37. The first kappa shape index (κ1) is 12.7. The van der Waals surface area contributed by atoms with Crippen LogP contribution in [0.25, 0.3) is 0 Å². The molecule has 1 N–H and O–H groups in total. The first-order chi connectivity index (χ1) is 8.19. The van der Waals surface area contributed by atoms with Crippen LogP contribution >= 0.6 is 11.6 Å². The normalized spacial score (nSPS) is 21.5. The quantitative estimate of drug-likeness (QED) is 0.895. The highest BCUT2D eigenvalue weighted by molar-refractivity contribution is 6.32. The van der Waals surface area contributed by atoms with Crippen LogP contribution in [-0.2, 0) is 6.54 Å². The third-order valence-electron chi connectivity index (χ3n) is 3.08. The number of hydrogen-bond acceptors (Lipinski definition) is 3. The van der Waals surface area contributed by atoms with Gasteiger partial charge in [0.15, 0.2) is 0 Å². The maximum absolute atomic E-state index is 6.12. The average molecular weight is 255 g/mol. The molecule has 94 valence electrons. The molecule has 3 nitrogen and oxygen atoms in total. The molecule has 0 aliphatic carbocycles. The topological polar surface area (TPSA) is 24.5 Å². The van der Waals surface area contributed by atoms with Gasteiger partial charge < -0.3 is 10.1 Å². The van der Waals surface area contributed by atoms with Gasteiger partial charge in [-0.2, -0.15) is 0 Å². The summed E-state index contributed by atoms with van der Waals surface area (Å²) in [5.41, 5.74) is 1.24. The van der Waals surface area contributed by atoms with Gasteiger partial charge in [0.05, 0.1) is 12.1 Å². The van der Waals surface area contributed by atoms with E-state index in [-0.39, 0.29) is 0 Å². The van der Waals surface area contributed by atoms with E-state index in [1.165, 1.54) is 5.56 Å². The largest absolute Gasteiger partial charge is 0.495 e. The van der Waals surface area contributed by atoms with Crippen molar-refractivity contribution in [2.75, 3.05) is 26.7 Å². The van der Waals surface area contributed by atoms with Gasteiger partial charge in [-0.3, -0.25) is 4.90 Å². The zero-order valence-electron chi connectivity index (χ0n) is 10.4. The fourth-order valence-electron chi connectivity index (χ4n) is 2.22. The van der Waals surface area contributed by atoms with Crippen LogP contribution in [0.4, 0.5) is 0 Å². The Balaban J connectivity index is 2.00. The van der Waals surface area contributed by atoms with Gasteiger partial charge in [-0.25, -0.2) is 0 Å². The summed E-state index contributed by atoms with van der Waals surface area (Å²) in [6.45, 7) is 6.41. The van der Waals surface area contributed by atoms with Gasteiger partial charge in [-0.1, -0.05) is 17.7 Å². The van der Waals surface area contributed by atoms with E-state index in [1.54, 1.807) is 7.11 Å². The van der Waals surface area contributed by atoms with Gasteiger partial charge in [0.2, 0.25) is 0 Å². The Morgan fingerprint density at radius 2 is 2.35 bits per heavy atom. The summed E-state index contributed by atoms with van der Waals surface area (Å²) in [6.07, 6.45) is 0. The summed E-state index contributed by atoms with van der Waals surface area (Å²) in [5, 5.41) is 4.13. The second-order valence-corrected chi connectivity index (χ2v) is 4.97. The van der Waals surface area contributed by atoms with Crippen molar-refractivity contribution >= 4 is 11.6 Å². The zero-order chi connectivity index (χ0) is 12.3. The number of nitrogens with one attached hydrogen (secondary N) is 1. The number of benzene rings is 1. The van der Waals surface area contributed by atoms with Gasteiger partial charge in [0, 0.05) is 32.2 Å². The predicted octanol–water partition coefficient (Wildman–Crippen LogP) is 2.14. The van der Waals surface area contributed by atoms with Crippen molar-refractivity contribution in [2.24, 2.45) is 0 Å². The molecule has 1 heterocycles. The lowest BCUT2D eigenvalue weighted by Crippen LogP contribution is -2.48. The molecule has 0 amide bonds. The number of rotatable bonds is 3. The van der Waals surface area contributed by atoms with Crippen molar-refractivity contribution < 1.29 is 4.74 Å². The minimum Gasteiger partial charge on any atom is -0.495 e. The Morgan fingerprint density at radius 1 is 1.53 bits per heavy atom. The fraction of sp³-hybridized carbons (Fsp3) is 0.538. The molecule has 0 bridgehead atoms. The van der Waals surface area contributed by atoms with Crippen LogP contribution in [0.2, 0.25) is 5.02 Å². The molecule has 0 saturated carbocycles. The molecule has 1 aliphatic rings. The van der Waals surface area contributed by atoms with E-state index in [0.717, 1.165) is 31.9 Å². The number of hydrogen-bond donors (Lipinski definition) is 1. The van der Waals surface area contributed by atoms with Gasteiger partial charge in [-0.05, 0) is 24.6 Å². The van der Waals surface area contributed by atoms with Crippen LogP contribution in [-0.4, -0.2) is 37.7 Å². The smallest absolute Gasteiger partial charge is 0.137 e. The molecule has 2 rings (SSSR count). The van der Waals surface area contributed by atoms with E-state index in [2.05, 4.69) is 23.2 Å². The van der Waals surface area contributed by atoms with Gasteiger partial charge in [-0.15, -0.1) is 0 Å². The minimum absolute atomic E-state index is 0.567. The molecule has 4 heteroatoms. The fourth-order valence-corrected chi connectivity index (χ4v) is 2.50. The molecule has 0 radical (unpaired) electrons. The van der Waals surface area contributed by atoms with E-state index < -0.39 is 0 Å². The summed E-state index contributed by atoms with van der Waals surface area (Å²) in [4.78, 5) is 2.44. The highest BCUT2D eigenvalue weighted by Crippen LogP contribution is 2.25. The van der Waals surface area contributed by atoms with Crippen LogP contribution in [0, 0.1) is 0 Å². The Hall–Kier alpha value is -0.770. The van der Waals surface area contributed by atoms with E-state index in [9.17, 15) is 0 Å². The second kappa shape index (κ2) is 5.71. The molecule has 1 atom stereocenters. The summed E-state index contributed by atoms with van der Waals surface area (Å²) in [5.74, 6) is 0.740. The number of piperazine rings is 1. The van der Waals surface area contributed by atoms with E-state index in [4.69, 9.17) is 16.3 Å². The Labute approximate surface area is 108 Å². The van der Waals surface area contributed by atoms with Crippen molar-refractivity contribution in [1.82, 2.24) is 10.2 Å². The maximum atomic E-state index is 6.12. The van der Waals surface area contributed by atoms with Crippen LogP contribution in [0.15, 0.2) is 18.2 Å². The molecule has 1 saturated heterocycles. The monoisotopic (exact) mass is 254 g/mol. The summed E-state index contributed by atoms with van der Waals surface area (Å²) >= 11 is 6.12. The zero-order valence-corrected chi connectivity index (χ0v) is 11.1. The predicted molar refractivity (Wildman–Crippen MR) is 70.7 cm³/mol. The first-order valence-electron chi connectivity index (χ1n) is 5.97. The maximum Gasteiger partial charge on any atom is 0.137 e. The van der Waals surface area contributed by atoms with E-state index in [0.29, 0.717) is 11.1 Å². The van der Waals surface area contributed by atoms with E-state index >= 15 is 0 Å². The van der Waals surface area contributed by atoms with Crippen LogP contribution < -0.4 is 10.1 Å². The number of nitrogens with zero attached hydrogens (tertiary/aromatic N) is 1. The molecule has 1 aromatic rings. The summed E-state index contributed by atoms with van der Waals surface area (Å²) in [6, 6.07) is 6.57. The molecule has 0 aromatic heterocycles. The van der Waals surface area contributed by atoms with Crippen LogP contribution in [0.3, 0.4) is 0 Å². The summed E-state index contributed by atoms with van der Waals surface area (Å²) in [7, 11) is 1.64. The molecule has 17 heavy (non-hydrogen) atoms. The van der Waals surface area contributed by atoms with E-state index in [1.807, 2.05) is 12.1 Å². The molecule has 0 spiro atoms. The van der Waals surface area contributed by atoms with Crippen molar-refractivity contribution in [3.63, 3.8) is 0 Å². The average Bonchev–Trinajstić information content (AvgIpc) is 2.29. The Morgan fingerprint density at radius 3 is 3.00 bits per heavy atom. The molecular weight excluding hydrogens is 236 g/mol. The summed E-state index contributed by atoms with van der Waals surface area (Å²) < 4.78 is 5.15. The molecule has 1 fully saturated rings. The minimum atomic E-state index is 0.567. The van der Waals surface area contributed by atoms with Crippen LogP contribution in [0.1, 0.15) is 12.5 Å². The molecule has 1 aromatic carbocycles. The highest BCUT2D eigenvalue weighted by Gasteiger charge is 2.15. The number of methoxy groups -OCH3 is 1. The SMILES string of the molecule is COc1ccc(CN2CCN[C@H](C)C2)cc1Cl. The lowest BCUT2D eigenvalue weighted by Gasteiger charge is -2.31. The number of halogens is 1. The molecule has 0 unspecified atom stereocenters. The standard InChI is InChI=1S/C13H19ClN2O/c1-10-8-16(6-5-15-10)9-11-3-4-13(17-2)12(14)7-11/h3-4,7,10,15H,5-6,8-9H2,1-2H3/t10-/m1/s1. The van der Waals surface area contributed by atoms with Gasteiger partial charge in [0.1, 0.15) is 5.75 Å². The Bertz CT molecular complexity index is 384.